The van der Waals surface area contributed by atoms with Gasteiger partial charge < -0.3 is 23.7 Å². The summed E-state index contributed by atoms with van der Waals surface area (Å²) < 4.78 is 30.1. The van der Waals surface area contributed by atoms with Crippen LogP contribution in [-0.4, -0.2) is 83.4 Å². The third-order valence-corrected chi connectivity index (χ3v) is 11.8. The lowest BCUT2D eigenvalue weighted by Crippen LogP contribution is -2.74. The van der Waals surface area contributed by atoms with E-state index in [1.807, 2.05) is 0 Å². The lowest BCUT2D eigenvalue weighted by Gasteiger charge is -2.65. The van der Waals surface area contributed by atoms with Gasteiger partial charge in [-0.15, -0.1) is 0 Å². The van der Waals surface area contributed by atoms with Crippen LogP contribution in [0, 0.1) is 23.7 Å². The van der Waals surface area contributed by atoms with Crippen molar-refractivity contribution in [3.05, 3.63) is 47.0 Å². The topological polar surface area (TPSA) is 135 Å². The molecule has 46 heavy (non-hydrogen) atoms. The fraction of sp³-hybridized carbons (Fsp3) is 0.629. The summed E-state index contributed by atoms with van der Waals surface area (Å²) >= 11 is 0. The molecule has 6 aliphatic rings. The van der Waals surface area contributed by atoms with Gasteiger partial charge in [-0.3, -0.25) is 19.3 Å². The number of fused-ring (bicyclic) bond motifs is 2. The minimum atomic E-state index is -1.20. The van der Waals surface area contributed by atoms with Gasteiger partial charge in [-0.2, -0.15) is 0 Å². The van der Waals surface area contributed by atoms with E-state index in [0.29, 0.717) is 30.4 Å². The molecule has 2 saturated carbocycles. The fourth-order valence-corrected chi connectivity index (χ4v) is 11.0. The van der Waals surface area contributed by atoms with Crippen molar-refractivity contribution in [1.82, 2.24) is 4.90 Å². The Morgan fingerprint density at radius 3 is 2.17 bits per heavy atom. The predicted octanol–water partition coefficient (Wildman–Crippen LogP) is 3.53. The number of hydrogen-bond acceptors (Lipinski definition) is 11. The molecular formula is C35H41NO10. The maximum Gasteiger partial charge on any atom is 0.338 e. The second kappa shape index (κ2) is 10.9. The van der Waals surface area contributed by atoms with E-state index in [-0.39, 0.29) is 35.4 Å². The molecule has 11 nitrogen and oxygen atoms in total. The number of carbonyl (C=O) groups is 5. The number of esters is 5. The first-order chi connectivity index (χ1) is 21.9. The van der Waals surface area contributed by atoms with E-state index in [1.165, 1.54) is 27.9 Å². The summed E-state index contributed by atoms with van der Waals surface area (Å²) in [5.74, 6) is -3.94. The van der Waals surface area contributed by atoms with Crippen LogP contribution in [0.15, 0.2) is 41.5 Å². The van der Waals surface area contributed by atoms with Crippen molar-refractivity contribution in [3.8, 4) is 0 Å². The lowest BCUT2D eigenvalue weighted by atomic mass is 9.52. The number of methoxy groups -OCH3 is 1. The summed E-state index contributed by atoms with van der Waals surface area (Å²) in [6.07, 6.45) is 0.994. The van der Waals surface area contributed by atoms with Gasteiger partial charge in [0.05, 0.1) is 23.8 Å². The van der Waals surface area contributed by atoms with Crippen molar-refractivity contribution < 1.29 is 47.7 Å². The van der Waals surface area contributed by atoms with Crippen molar-refractivity contribution in [2.45, 2.75) is 108 Å². The highest BCUT2D eigenvalue weighted by Crippen LogP contribution is 2.76. The van der Waals surface area contributed by atoms with Crippen LogP contribution >= 0.6 is 0 Å². The Balaban J connectivity index is 1.49. The molecule has 1 aromatic carbocycles. The smallest absolute Gasteiger partial charge is 0.338 e. The van der Waals surface area contributed by atoms with Gasteiger partial charge in [-0.1, -0.05) is 18.2 Å². The lowest BCUT2D eigenvalue weighted by molar-refractivity contribution is -0.201. The number of piperidine rings is 2. The van der Waals surface area contributed by atoms with Crippen LogP contribution in [0.5, 0.6) is 0 Å². The van der Waals surface area contributed by atoms with Crippen molar-refractivity contribution in [3.63, 3.8) is 0 Å². The van der Waals surface area contributed by atoms with Gasteiger partial charge in [0.2, 0.25) is 0 Å². The van der Waals surface area contributed by atoms with Crippen LogP contribution in [-0.2, 0) is 42.9 Å². The Labute approximate surface area is 267 Å². The van der Waals surface area contributed by atoms with Gasteiger partial charge in [-0.05, 0) is 69.4 Å². The third kappa shape index (κ3) is 4.15. The monoisotopic (exact) mass is 635 g/mol. The number of carbonyl (C=O) groups excluding carboxylic acids is 5. The molecular weight excluding hydrogens is 594 g/mol. The minimum Gasteiger partial charge on any atom is -0.466 e. The van der Waals surface area contributed by atoms with E-state index >= 15 is 0 Å². The highest BCUT2D eigenvalue weighted by atomic mass is 16.6. The molecule has 0 radical (unpaired) electrons. The SMILES string of the molecule is COC(=O)C1=C2[C@@]3(OC(C)=O)CC4C[C@@H]5[C@H]3CC[C@H](C)N5[C@]24[C@@H]2CC[C@H](OC(C)=O)[C@H](OC(=O)c3ccccc3)[C@H]2[C@@H]1OC(C)=O. The van der Waals surface area contributed by atoms with Crippen molar-refractivity contribution in [1.29, 1.82) is 0 Å². The summed E-state index contributed by atoms with van der Waals surface area (Å²) in [5.41, 5.74) is -0.623. The predicted molar refractivity (Wildman–Crippen MR) is 160 cm³/mol. The average Bonchev–Trinajstić information content (AvgIpc) is 3.41. The number of ether oxygens (including phenoxy) is 5. The quantitative estimate of drug-likeness (QED) is 0.336. The van der Waals surface area contributed by atoms with Gasteiger partial charge >= 0.3 is 29.8 Å². The Kier molecular flexibility index (Phi) is 7.34. The Hall–Kier alpha value is -3.73. The average molecular weight is 636 g/mol. The number of benzene rings is 1. The van der Waals surface area contributed by atoms with Crippen LogP contribution in [0.2, 0.25) is 0 Å². The van der Waals surface area contributed by atoms with Gasteiger partial charge in [0.15, 0.2) is 0 Å². The van der Waals surface area contributed by atoms with Crippen LogP contribution in [0.3, 0.4) is 0 Å². The normalized spacial score (nSPS) is 41.2. The molecule has 3 aliphatic heterocycles. The molecule has 0 N–H and O–H groups in total. The zero-order chi connectivity index (χ0) is 32.7. The maximum atomic E-state index is 14.1. The maximum absolute atomic E-state index is 14.1. The molecule has 1 aromatic rings. The van der Waals surface area contributed by atoms with Crippen LogP contribution in [0.1, 0.15) is 76.6 Å². The summed E-state index contributed by atoms with van der Waals surface area (Å²) in [6, 6.07) is 8.82. The summed E-state index contributed by atoms with van der Waals surface area (Å²) in [5, 5.41) is 0. The second-order valence-electron chi connectivity index (χ2n) is 13.9. The zero-order valence-corrected chi connectivity index (χ0v) is 26.9. The molecule has 246 valence electrons. The van der Waals surface area contributed by atoms with E-state index < -0.39 is 65.2 Å². The number of hydrogen-bond donors (Lipinski definition) is 0. The van der Waals surface area contributed by atoms with Crippen LogP contribution < -0.4 is 0 Å². The first-order valence-corrected chi connectivity index (χ1v) is 16.4. The number of rotatable bonds is 6. The van der Waals surface area contributed by atoms with Gasteiger partial charge in [-0.25, -0.2) is 9.59 Å². The fourth-order valence-electron chi connectivity index (χ4n) is 11.0. The van der Waals surface area contributed by atoms with Crippen molar-refractivity contribution in [2.75, 3.05) is 7.11 Å². The number of nitrogens with zero attached hydrogens (tertiary/aromatic N) is 1. The van der Waals surface area contributed by atoms with E-state index in [2.05, 4.69) is 11.8 Å². The first-order valence-electron chi connectivity index (χ1n) is 16.4. The highest BCUT2D eigenvalue weighted by Gasteiger charge is 2.83. The third-order valence-electron chi connectivity index (χ3n) is 11.8. The van der Waals surface area contributed by atoms with E-state index in [0.717, 1.165) is 19.3 Å². The Morgan fingerprint density at radius 2 is 1.52 bits per heavy atom. The summed E-state index contributed by atoms with van der Waals surface area (Å²) in [4.78, 5) is 68.6. The minimum absolute atomic E-state index is 0.0323. The van der Waals surface area contributed by atoms with Crippen LogP contribution in [0.4, 0.5) is 0 Å². The molecule has 3 aliphatic carbocycles. The molecule has 5 fully saturated rings. The Morgan fingerprint density at radius 1 is 0.826 bits per heavy atom. The molecule has 0 amide bonds. The Bertz CT molecular complexity index is 1520. The molecule has 11 heteroatoms. The molecule has 2 unspecified atom stereocenters. The molecule has 5 bridgehead atoms. The van der Waals surface area contributed by atoms with E-state index in [9.17, 15) is 24.0 Å². The zero-order valence-electron chi connectivity index (χ0n) is 26.9. The standard InChI is InChI=1S/C35H41NO10/c1-17-11-12-23-25-15-22-16-34(23,46-20(4)39)31-28(33(41)42-5)30(44-19(3)38)27-24(35(22,31)36(17)25)13-14-26(43-18(2)37)29(27)45-32(40)21-9-7-6-8-10-21/h6-10,17,22-27,29-30H,11-16H2,1-5H3/t17-,22?,23+,24+,25+,26-,27-,29-,30-,34+,35+/m0/s1. The molecule has 1 spiro atoms. The highest BCUT2D eigenvalue weighted by molar-refractivity contribution is 5.94. The van der Waals surface area contributed by atoms with Gasteiger partial charge in [0, 0.05) is 50.3 Å². The van der Waals surface area contributed by atoms with Crippen molar-refractivity contribution in [2.24, 2.45) is 23.7 Å². The molecule has 7 rings (SSSR count). The molecule has 3 heterocycles. The largest absolute Gasteiger partial charge is 0.466 e. The van der Waals surface area contributed by atoms with E-state index in [4.69, 9.17) is 23.7 Å². The second-order valence-corrected chi connectivity index (χ2v) is 13.9. The first kappa shape index (κ1) is 30.9. The van der Waals surface area contributed by atoms with Crippen molar-refractivity contribution >= 4 is 29.8 Å². The summed E-state index contributed by atoms with van der Waals surface area (Å²) in [7, 11) is 1.28. The van der Waals surface area contributed by atoms with E-state index in [1.54, 1.807) is 30.3 Å². The summed E-state index contributed by atoms with van der Waals surface area (Å²) in [6.45, 7) is 6.18. The molecule has 12 atom stereocenters. The molecule has 0 aromatic heterocycles. The van der Waals surface area contributed by atoms with Crippen LogP contribution in [0.25, 0.3) is 0 Å². The van der Waals surface area contributed by atoms with Gasteiger partial charge in [0.1, 0.15) is 23.9 Å². The van der Waals surface area contributed by atoms with Gasteiger partial charge in [0.25, 0.3) is 0 Å². The molecule has 3 saturated heterocycles.